The van der Waals surface area contributed by atoms with Gasteiger partial charge < -0.3 is 15.4 Å². The Morgan fingerprint density at radius 1 is 1.55 bits per heavy atom. The number of piperidine rings is 1. The summed E-state index contributed by atoms with van der Waals surface area (Å²) in [6, 6.07) is 0.223. The minimum Gasteiger partial charge on any atom is -0.480 e. The smallest absolute Gasteiger partial charge is 0.258 e. The van der Waals surface area contributed by atoms with Crippen molar-refractivity contribution in [1.29, 1.82) is 0 Å². The van der Waals surface area contributed by atoms with E-state index < -0.39 is 0 Å². The van der Waals surface area contributed by atoms with Crippen LogP contribution in [-0.4, -0.2) is 41.4 Å². The van der Waals surface area contributed by atoms with Crippen LogP contribution in [0, 0.1) is 13.8 Å². The van der Waals surface area contributed by atoms with Gasteiger partial charge in [0.05, 0.1) is 5.69 Å². The first kappa shape index (κ1) is 16.8. The lowest BCUT2D eigenvalue weighted by molar-refractivity contribution is -0.123. The molecule has 7 heteroatoms. The molecule has 0 bridgehead atoms. The van der Waals surface area contributed by atoms with Crippen molar-refractivity contribution in [3.05, 3.63) is 11.4 Å². The lowest BCUT2D eigenvalue weighted by atomic mass is 10.1. The van der Waals surface area contributed by atoms with Crippen molar-refractivity contribution in [1.82, 2.24) is 20.4 Å². The molecule has 1 saturated heterocycles. The topological polar surface area (TPSA) is 68.2 Å². The third kappa shape index (κ3) is 4.11. The van der Waals surface area contributed by atoms with Crippen LogP contribution in [0.2, 0.25) is 0 Å². The van der Waals surface area contributed by atoms with Crippen molar-refractivity contribution in [3.63, 3.8) is 0 Å². The number of nitrogens with one attached hydrogen (secondary N) is 2. The van der Waals surface area contributed by atoms with Gasteiger partial charge in [-0.25, -0.2) is 0 Å². The first-order valence-corrected chi connectivity index (χ1v) is 6.71. The van der Waals surface area contributed by atoms with Crippen molar-refractivity contribution in [2.45, 2.75) is 32.7 Å². The molecule has 1 aliphatic rings. The van der Waals surface area contributed by atoms with Crippen molar-refractivity contribution in [3.8, 4) is 5.75 Å². The molecule has 114 valence electrons. The molecule has 20 heavy (non-hydrogen) atoms. The molecule has 1 aromatic heterocycles. The zero-order chi connectivity index (χ0) is 13.8. The molecule has 0 aromatic carbocycles. The highest BCUT2D eigenvalue weighted by molar-refractivity contribution is 5.85. The number of ether oxygens (including phenoxy) is 1. The summed E-state index contributed by atoms with van der Waals surface area (Å²) in [5, 5.41) is 10.5. The second-order valence-electron chi connectivity index (χ2n) is 5.02. The quantitative estimate of drug-likeness (QED) is 0.859. The molecule has 1 atom stereocenters. The van der Waals surface area contributed by atoms with Crippen LogP contribution in [0.4, 0.5) is 0 Å². The normalized spacial score (nSPS) is 18.2. The fourth-order valence-corrected chi connectivity index (χ4v) is 2.35. The number of aryl methyl sites for hydroxylation is 2. The van der Waals surface area contributed by atoms with E-state index in [0.717, 1.165) is 37.3 Å². The first-order valence-electron chi connectivity index (χ1n) is 6.71. The Morgan fingerprint density at radius 3 is 2.85 bits per heavy atom. The Morgan fingerprint density at radius 2 is 2.30 bits per heavy atom. The molecule has 6 nitrogen and oxygen atoms in total. The molecule has 0 radical (unpaired) electrons. The Kier molecular flexibility index (Phi) is 6.29. The van der Waals surface area contributed by atoms with Gasteiger partial charge in [-0.05, 0) is 33.2 Å². The predicted octanol–water partition coefficient (Wildman–Crippen LogP) is 0.706. The monoisotopic (exact) mass is 302 g/mol. The van der Waals surface area contributed by atoms with E-state index in [-0.39, 0.29) is 31.0 Å². The van der Waals surface area contributed by atoms with Gasteiger partial charge in [-0.15, -0.1) is 12.4 Å². The SMILES string of the molecule is Cc1nn(C)c(C)c1OCC(=O)NC1CCCNC1.Cl. The van der Waals surface area contributed by atoms with Crippen LogP contribution in [0.15, 0.2) is 0 Å². The van der Waals surface area contributed by atoms with Crippen LogP contribution < -0.4 is 15.4 Å². The molecule has 2 heterocycles. The number of hydrogen-bond acceptors (Lipinski definition) is 4. The van der Waals surface area contributed by atoms with Gasteiger partial charge in [-0.1, -0.05) is 0 Å². The molecule has 0 saturated carbocycles. The number of carbonyl (C=O) groups excluding carboxylic acids is 1. The molecule has 2 N–H and O–H groups in total. The minimum atomic E-state index is -0.0728. The minimum absolute atomic E-state index is 0. The van der Waals surface area contributed by atoms with Crippen molar-refractivity contribution in [2.24, 2.45) is 7.05 Å². The van der Waals surface area contributed by atoms with Crippen LogP contribution >= 0.6 is 12.4 Å². The molecular formula is C13H23ClN4O2. The van der Waals surface area contributed by atoms with Crippen LogP contribution in [0.1, 0.15) is 24.2 Å². The molecule has 1 fully saturated rings. The Bertz CT molecular complexity index is 455. The zero-order valence-corrected chi connectivity index (χ0v) is 13.0. The number of nitrogens with zero attached hydrogens (tertiary/aromatic N) is 2. The maximum absolute atomic E-state index is 11.8. The molecule has 2 rings (SSSR count). The number of halogens is 1. The summed E-state index contributed by atoms with van der Waals surface area (Å²) in [7, 11) is 1.86. The van der Waals surface area contributed by atoms with Gasteiger partial charge in [-0.2, -0.15) is 5.10 Å². The van der Waals surface area contributed by atoms with E-state index >= 15 is 0 Å². The third-order valence-corrected chi connectivity index (χ3v) is 3.45. The van der Waals surface area contributed by atoms with E-state index in [1.54, 1.807) is 4.68 Å². The lowest BCUT2D eigenvalue weighted by Crippen LogP contribution is -2.47. The fourth-order valence-electron chi connectivity index (χ4n) is 2.35. The van der Waals surface area contributed by atoms with E-state index in [0.29, 0.717) is 5.75 Å². The summed E-state index contributed by atoms with van der Waals surface area (Å²) in [5.41, 5.74) is 1.75. The highest BCUT2D eigenvalue weighted by Crippen LogP contribution is 2.20. The maximum atomic E-state index is 11.8. The molecule has 1 amide bonds. The summed E-state index contributed by atoms with van der Waals surface area (Å²) < 4.78 is 7.33. The number of carbonyl (C=O) groups is 1. The van der Waals surface area contributed by atoms with Crippen molar-refractivity contribution in [2.75, 3.05) is 19.7 Å². The second-order valence-corrected chi connectivity index (χ2v) is 5.02. The average Bonchev–Trinajstić information content (AvgIpc) is 2.62. The van der Waals surface area contributed by atoms with E-state index in [9.17, 15) is 4.79 Å². The third-order valence-electron chi connectivity index (χ3n) is 3.45. The predicted molar refractivity (Wildman–Crippen MR) is 79.5 cm³/mol. The van der Waals surface area contributed by atoms with E-state index in [1.165, 1.54) is 0 Å². The van der Waals surface area contributed by atoms with Gasteiger partial charge >= 0.3 is 0 Å². The number of rotatable bonds is 4. The molecule has 1 aromatic rings. The summed E-state index contributed by atoms with van der Waals surface area (Å²) in [4.78, 5) is 11.8. The molecule has 0 spiro atoms. The number of hydrogen-bond donors (Lipinski definition) is 2. The standard InChI is InChI=1S/C13H22N4O2.ClH/c1-9-13(10(2)17(3)16-9)19-8-12(18)15-11-5-4-6-14-7-11;/h11,14H,4-8H2,1-3H3,(H,15,18);1H. The van der Waals surface area contributed by atoms with Gasteiger partial charge in [0, 0.05) is 19.6 Å². The highest BCUT2D eigenvalue weighted by atomic mass is 35.5. The van der Waals surface area contributed by atoms with Gasteiger partial charge in [0.25, 0.3) is 5.91 Å². The zero-order valence-electron chi connectivity index (χ0n) is 12.2. The largest absolute Gasteiger partial charge is 0.480 e. The summed E-state index contributed by atoms with van der Waals surface area (Å²) in [6.45, 7) is 5.74. The summed E-state index contributed by atoms with van der Waals surface area (Å²) in [5.74, 6) is 0.635. The van der Waals surface area contributed by atoms with E-state index in [1.807, 2.05) is 20.9 Å². The Balaban J connectivity index is 0.00000200. The van der Waals surface area contributed by atoms with Crippen LogP contribution in [-0.2, 0) is 11.8 Å². The van der Waals surface area contributed by atoms with Crippen molar-refractivity contribution >= 4 is 18.3 Å². The molecular weight excluding hydrogens is 280 g/mol. The summed E-state index contributed by atoms with van der Waals surface area (Å²) >= 11 is 0. The lowest BCUT2D eigenvalue weighted by Gasteiger charge is -2.23. The average molecular weight is 303 g/mol. The van der Waals surface area contributed by atoms with Gasteiger partial charge in [0.1, 0.15) is 5.69 Å². The fraction of sp³-hybridized carbons (Fsp3) is 0.692. The molecule has 1 aliphatic heterocycles. The van der Waals surface area contributed by atoms with Gasteiger partial charge in [0.2, 0.25) is 0 Å². The van der Waals surface area contributed by atoms with Gasteiger partial charge in [-0.3, -0.25) is 9.48 Å². The van der Waals surface area contributed by atoms with Gasteiger partial charge in [0.15, 0.2) is 12.4 Å². The maximum Gasteiger partial charge on any atom is 0.258 e. The Hall–Kier alpha value is -1.27. The number of aromatic nitrogens is 2. The van der Waals surface area contributed by atoms with E-state index in [2.05, 4.69) is 15.7 Å². The van der Waals surface area contributed by atoms with Crippen LogP contribution in [0.5, 0.6) is 5.75 Å². The van der Waals surface area contributed by atoms with Crippen LogP contribution in [0.3, 0.4) is 0 Å². The summed E-state index contributed by atoms with van der Waals surface area (Å²) in [6.07, 6.45) is 2.14. The van der Waals surface area contributed by atoms with Crippen LogP contribution in [0.25, 0.3) is 0 Å². The number of amides is 1. The second kappa shape index (κ2) is 7.50. The first-order chi connectivity index (χ1) is 9.08. The Labute approximate surface area is 125 Å². The highest BCUT2D eigenvalue weighted by Gasteiger charge is 2.17. The van der Waals surface area contributed by atoms with Crippen molar-refractivity contribution < 1.29 is 9.53 Å². The molecule has 1 unspecified atom stereocenters. The van der Waals surface area contributed by atoms with E-state index in [4.69, 9.17) is 4.74 Å². The molecule has 0 aliphatic carbocycles.